The van der Waals surface area contributed by atoms with Gasteiger partial charge in [0.05, 0.1) is 6.54 Å². The van der Waals surface area contributed by atoms with E-state index in [-0.39, 0.29) is 29.5 Å². The number of aliphatic imine (C=N–C) groups is 1. The van der Waals surface area contributed by atoms with Crippen LogP contribution in [0.3, 0.4) is 0 Å². The van der Waals surface area contributed by atoms with Crippen LogP contribution in [-0.2, 0) is 4.74 Å². The van der Waals surface area contributed by atoms with Crippen LogP contribution < -0.4 is 10.6 Å². The largest absolute Gasteiger partial charge is 0.381 e. The van der Waals surface area contributed by atoms with E-state index in [0.717, 1.165) is 57.7 Å². The van der Waals surface area contributed by atoms with E-state index >= 15 is 0 Å². The van der Waals surface area contributed by atoms with E-state index < -0.39 is 0 Å². The van der Waals surface area contributed by atoms with Crippen LogP contribution in [0.25, 0.3) is 0 Å². The van der Waals surface area contributed by atoms with E-state index in [0.29, 0.717) is 12.1 Å². The molecule has 2 heterocycles. The Labute approximate surface area is 176 Å². The molecule has 26 heavy (non-hydrogen) atoms. The third kappa shape index (κ3) is 5.45. The number of guanidine groups is 1. The molecule has 1 saturated carbocycles. The molecule has 0 aromatic carbocycles. The summed E-state index contributed by atoms with van der Waals surface area (Å²) in [7, 11) is 4.35. The van der Waals surface area contributed by atoms with Crippen LogP contribution in [0.5, 0.6) is 0 Å². The summed E-state index contributed by atoms with van der Waals surface area (Å²) in [6.45, 7) is 9.07. The monoisotopic (exact) mass is 479 g/mol. The first-order valence-electron chi connectivity index (χ1n) is 10.1. The second-order valence-corrected chi connectivity index (χ2v) is 8.28. The highest BCUT2D eigenvalue weighted by Gasteiger charge is 2.39. The Kier molecular flexibility index (Phi) is 8.43. The number of likely N-dealkylation sites (N-methyl/N-ethyl adjacent to an activating group) is 1. The predicted molar refractivity (Wildman–Crippen MR) is 119 cm³/mol. The second-order valence-electron chi connectivity index (χ2n) is 8.28. The van der Waals surface area contributed by atoms with Gasteiger partial charge in [-0.3, -0.25) is 9.89 Å². The fourth-order valence-electron chi connectivity index (χ4n) is 4.31. The summed E-state index contributed by atoms with van der Waals surface area (Å²) in [5, 5.41) is 7.15. The lowest BCUT2D eigenvalue weighted by Gasteiger charge is -2.41. The Morgan fingerprint density at radius 3 is 2.54 bits per heavy atom. The summed E-state index contributed by atoms with van der Waals surface area (Å²) in [6, 6.07) is 2.05. The van der Waals surface area contributed by atoms with Gasteiger partial charge in [0.15, 0.2) is 5.96 Å². The van der Waals surface area contributed by atoms with Crippen molar-refractivity contribution in [2.45, 2.75) is 69.6 Å². The Hall–Kier alpha value is -0.120. The summed E-state index contributed by atoms with van der Waals surface area (Å²) >= 11 is 0. The molecule has 0 aromatic heterocycles. The zero-order valence-electron chi connectivity index (χ0n) is 17.0. The SMILES string of the molecule is CCNC(=NCC1(N(C)C)CCOCC1)NC1CC(C)N(C2CC2)C1.I. The third-order valence-electron chi connectivity index (χ3n) is 6.23. The first-order valence-corrected chi connectivity index (χ1v) is 10.1. The molecule has 0 amide bonds. The average molecular weight is 479 g/mol. The first kappa shape index (κ1) is 22.2. The smallest absolute Gasteiger partial charge is 0.191 e. The quantitative estimate of drug-likeness (QED) is 0.346. The van der Waals surface area contributed by atoms with Crippen LogP contribution in [-0.4, -0.2) is 86.4 Å². The van der Waals surface area contributed by atoms with Crippen LogP contribution in [0.2, 0.25) is 0 Å². The number of halogens is 1. The highest BCUT2D eigenvalue weighted by Crippen LogP contribution is 2.33. The van der Waals surface area contributed by atoms with Crippen molar-refractivity contribution < 1.29 is 4.74 Å². The van der Waals surface area contributed by atoms with E-state index in [1.807, 2.05) is 0 Å². The van der Waals surface area contributed by atoms with Gasteiger partial charge in [-0.1, -0.05) is 0 Å². The topological polar surface area (TPSA) is 52.1 Å². The van der Waals surface area contributed by atoms with Crippen molar-refractivity contribution in [1.29, 1.82) is 0 Å². The van der Waals surface area contributed by atoms with Crippen LogP contribution in [0.4, 0.5) is 0 Å². The molecule has 7 heteroatoms. The number of nitrogens with zero attached hydrogens (tertiary/aromatic N) is 3. The molecular formula is C19H38IN5O. The average Bonchev–Trinajstić information content (AvgIpc) is 3.37. The Morgan fingerprint density at radius 2 is 1.96 bits per heavy atom. The van der Waals surface area contributed by atoms with Crippen molar-refractivity contribution in [2.24, 2.45) is 4.99 Å². The van der Waals surface area contributed by atoms with E-state index in [1.165, 1.54) is 19.3 Å². The van der Waals surface area contributed by atoms with Crippen molar-refractivity contribution in [3.8, 4) is 0 Å². The number of hydrogen-bond donors (Lipinski definition) is 2. The maximum atomic E-state index is 5.58. The number of hydrogen-bond acceptors (Lipinski definition) is 4. The molecule has 1 aliphatic carbocycles. The van der Waals surface area contributed by atoms with Crippen molar-refractivity contribution in [3.05, 3.63) is 0 Å². The van der Waals surface area contributed by atoms with Gasteiger partial charge in [0.2, 0.25) is 0 Å². The minimum Gasteiger partial charge on any atom is -0.381 e. The van der Waals surface area contributed by atoms with Gasteiger partial charge < -0.3 is 20.3 Å². The van der Waals surface area contributed by atoms with Gasteiger partial charge in [-0.05, 0) is 60.0 Å². The minimum atomic E-state index is 0. The summed E-state index contributed by atoms with van der Waals surface area (Å²) in [5.74, 6) is 0.977. The van der Waals surface area contributed by atoms with Crippen LogP contribution in [0.1, 0.15) is 46.0 Å². The standard InChI is InChI=1S/C19H37N5O.HI/c1-5-20-18(21-14-19(23(3)4)8-10-25-11-9-19)22-16-12-15(2)24(13-16)17-6-7-17;/h15-17H,5-14H2,1-4H3,(H2,20,21,22);1H. The molecule has 0 spiro atoms. The van der Waals surface area contributed by atoms with Crippen molar-refractivity contribution >= 4 is 29.9 Å². The molecule has 3 rings (SSSR count). The zero-order valence-corrected chi connectivity index (χ0v) is 19.3. The highest BCUT2D eigenvalue weighted by molar-refractivity contribution is 14.0. The third-order valence-corrected chi connectivity index (χ3v) is 6.23. The van der Waals surface area contributed by atoms with Crippen molar-refractivity contribution in [3.63, 3.8) is 0 Å². The van der Waals surface area contributed by atoms with Gasteiger partial charge >= 0.3 is 0 Å². The van der Waals surface area contributed by atoms with Gasteiger partial charge in [0.25, 0.3) is 0 Å². The number of nitrogens with one attached hydrogen (secondary N) is 2. The Morgan fingerprint density at radius 1 is 1.27 bits per heavy atom. The molecule has 0 radical (unpaired) electrons. The molecule has 3 aliphatic rings. The maximum absolute atomic E-state index is 5.58. The molecule has 2 N–H and O–H groups in total. The molecule has 6 nitrogen and oxygen atoms in total. The first-order chi connectivity index (χ1) is 12.0. The molecule has 0 aromatic rings. The summed E-state index contributed by atoms with van der Waals surface area (Å²) in [4.78, 5) is 10.0. The zero-order chi connectivity index (χ0) is 17.9. The number of ether oxygens (including phenoxy) is 1. The molecule has 2 aliphatic heterocycles. The molecule has 152 valence electrons. The lowest BCUT2D eigenvalue weighted by atomic mass is 9.89. The van der Waals surface area contributed by atoms with Crippen LogP contribution in [0, 0.1) is 0 Å². The van der Waals surface area contributed by atoms with Gasteiger partial charge in [0.1, 0.15) is 0 Å². The van der Waals surface area contributed by atoms with Crippen molar-refractivity contribution in [2.75, 3.05) is 46.9 Å². The molecule has 2 unspecified atom stereocenters. The lowest BCUT2D eigenvalue weighted by molar-refractivity contribution is -0.00255. The minimum absolute atomic E-state index is 0. The van der Waals surface area contributed by atoms with E-state index in [9.17, 15) is 0 Å². The summed E-state index contributed by atoms with van der Waals surface area (Å²) < 4.78 is 5.58. The number of rotatable bonds is 6. The fourth-order valence-corrected chi connectivity index (χ4v) is 4.31. The Bertz CT molecular complexity index is 463. The molecule has 2 atom stereocenters. The lowest BCUT2D eigenvalue weighted by Crippen LogP contribution is -2.52. The summed E-state index contributed by atoms with van der Waals surface area (Å²) in [6.07, 6.45) is 6.10. The highest BCUT2D eigenvalue weighted by atomic mass is 127. The van der Waals surface area contributed by atoms with Crippen molar-refractivity contribution in [1.82, 2.24) is 20.4 Å². The molecule has 2 saturated heterocycles. The molecule has 0 bridgehead atoms. The number of likely N-dealkylation sites (tertiary alicyclic amines) is 1. The second kappa shape index (κ2) is 9.89. The van der Waals surface area contributed by atoms with E-state index in [1.54, 1.807) is 0 Å². The van der Waals surface area contributed by atoms with Gasteiger partial charge in [-0.15, -0.1) is 24.0 Å². The van der Waals surface area contributed by atoms with Crippen LogP contribution >= 0.6 is 24.0 Å². The van der Waals surface area contributed by atoms with Gasteiger partial charge in [-0.25, -0.2) is 0 Å². The van der Waals surface area contributed by atoms with Crippen LogP contribution in [0.15, 0.2) is 4.99 Å². The van der Waals surface area contributed by atoms with Gasteiger partial charge in [-0.2, -0.15) is 0 Å². The normalized spacial score (nSPS) is 29.5. The molecule has 3 fully saturated rings. The Balaban J connectivity index is 0.00000243. The van der Waals surface area contributed by atoms with E-state index in [2.05, 4.69) is 48.4 Å². The fraction of sp³-hybridized carbons (Fsp3) is 0.947. The maximum Gasteiger partial charge on any atom is 0.191 e. The van der Waals surface area contributed by atoms with Gasteiger partial charge in [0, 0.05) is 50.0 Å². The predicted octanol–water partition coefficient (Wildman–Crippen LogP) is 1.90. The van der Waals surface area contributed by atoms with E-state index in [4.69, 9.17) is 9.73 Å². The molecular weight excluding hydrogens is 441 g/mol. The summed E-state index contributed by atoms with van der Waals surface area (Å²) in [5.41, 5.74) is 0.129.